The summed E-state index contributed by atoms with van der Waals surface area (Å²) in [6, 6.07) is 16.9. The second-order valence-corrected chi connectivity index (χ2v) is 7.28. The fourth-order valence-electron chi connectivity index (χ4n) is 2.98. The van der Waals surface area contributed by atoms with Crippen molar-refractivity contribution in [2.45, 2.75) is 13.2 Å². The van der Waals surface area contributed by atoms with E-state index in [1.807, 2.05) is 48.5 Å². The standard InChI is InChI=1S/C22H19Cl2NO4/c1-26-20-8-15(11-25-17-5-6-19-21(9-17)29-13-28-19)18(24)10-22(20)27-12-14-3-2-4-16(23)7-14/h2-10,25H,11-13H2,1H3. The van der Waals surface area contributed by atoms with Crippen molar-refractivity contribution in [1.82, 2.24) is 0 Å². The minimum Gasteiger partial charge on any atom is -0.493 e. The quantitative estimate of drug-likeness (QED) is 0.502. The molecule has 0 atom stereocenters. The normalized spacial score (nSPS) is 12.0. The lowest BCUT2D eigenvalue weighted by molar-refractivity contribution is 0.174. The van der Waals surface area contributed by atoms with Crippen molar-refractivity contribution in [3.63, 3.8) is 0 Å². The number of methoxy groups -OCH3 is 1. The summed E-state index contributed by atoms with van der Waals surface area (Å²) in [5, 5.41) is 4.59. The SMILES string of the molecule is COc1cc(CNc2ccc3c(c2)OCO3)c(Cl)cc1OCc1cccc(Cl)c1. The first-order chi connectivity index (χ1) is 14.1. The second kappa shape index (κ2) is 8.72. The summed E-state index contributed by atoms with van der Waals surface area (Å²) >= 11 is 12.5. The topological polar surface area (TPSA) is 49.0 Å². The Balaban J connectivity index is 1.45. The Bertz CT molecular complexity index is 1030. The molecule has 3 aromatic carbocycles. The van der Waals surface area contributed by atoms with Crippen LogP contribution in [0.1, 0.15) is 11.1 Å². The Hall–Kier alpha value is -2.76. The molecule has 7 heteroatoms. The molecule has 1 aliphatic rings. The zero-order valence-corrected chi connectivity index (χ0v) is 17.2. The zero-order chi connectivity index (χ0) is 20.2. The van der Waals surface area contributed by atoms with Crippen molar-refractivity contribution in [3.05, 3.63) is 75.8 Å². The molecule has 0 unspecified atom stereocenters. The highest BCUT2D eigenvalue weighted by atomic mass is 35.5. The number of nitrogens with one attached hydrogen (secondary N) is 1. The number of fused-ring (bicyclic) bond motifs is 1. The van der Waals surface area contributed by atoms with Crippen LogP contribution in [-0.4, -0.2) is 13.9 Å². The molecule has 0 saturated heterocycles. The molecule has 0 aliphatic carbocycles. The third-order valence-electron chi connectivity index (χ3n) is 4.47. The molecular weight excluding hydrogens is 413 g/mol. The van der Waals surface area contributed by atoms with Crippen LogP contribution in [0.4, 0.5) is 5.69 Å². The lowest BCUT2D eigenvalue weighted by Crippen LogP contribution is -2.03. The van der Waals surface area contributed by atoms with Crippen LogP contribution in [0.15, 0.2) is 54.6 Å². The average Bonchev–Trinajstić information content (AvgIpc) is 3.19. The van der Waals surface area contributed by atoms with Crippen molar-refractivity contribution in [3.8, 4) is 23.0 Å². The first kappa shape index (κ1) is 19.6. The molecule has 3 aromatic rings. The van der Waals surface area contributed by atoms with Crippen molar-refractivity contribution in [2.24, 2.45) is 0 Å². The van der Waals surface area contributed by atoms with Crippen LogP contribution in [0.2, 0.25) is 10.0 Å². The molecule has 1 aliphatic heterocycles. The van der Waals surface area contributed by atoms with Crippen molar-refractivity contribution < 1.29 is 18.9 Å². The fraction of sp³-hybridized carbons (Fsp3) is 0.182. The summed E-state index contributed by atoms with van der Waals surface area (Å²) < 4.78 is 22.1. The lowest BCUT2D eigenvalue weighted by atomic mass is 10.2. The van der Waals surface area contributed by atoms with Crippen molar-refractivity contribution >= 4 is 28.9 Å². The number of anilines is 1. The molecule has 4 rings (SSSR count). The van der Waals surface area contributed by atoms with Gasteiger partial charge in [-0.15, -0.1) is 0 Å². The van der Waals surface area contributed by atoms with E-state index in [1.165, 1.54) is 0 Å². The smallest absolute Gasteiger partial charge is 0.231 e. The van der Waals surface area contributed by atoms with Crippen molar-refractivity contribution in [1.29, 1.82) is 0 Å². The van der Waals surface area contributed by atoms with Gasteiger partial charge >= 0.3 is 0 Å². The minimum absolute atomic E-state index is 0.248. The third-order valence-corrected chi connectivity index (χ3v) is 5.06. The monoisotopic (exact) mass is 431 g/mol. The highest BCUT2D eigenvalue weighted by molar-refractivity contribution is 6.31. The number of halogens is 2. The zero-order valence-electron chi connectivity index (χ0n) is 15.7. The van der Waals surface area contributed by atoms with Gasteiger partial charge in [-0.25, -0.2) is 0 Å². The van der Waals surface area contributed by atoms with E-state index in [0.717, 1.165) is 28.3 Å². The molecule has 0 spiro atoms. The molecule has 5 nitrogen and oxygen atoms in total. The van der Waals surface area contributed by atoms with Crippen LogP contribution in [0.25, 0.3) is 0 Å². The first-order valence-corrected chi connectivity index (χ1v) is 9.75. The van der Waals surface area contributed by atoms with Gasteiger partial charge in [-0.2, -0.15) is 0 Å². The fourth-order valence-corrected chi connectivity index (χ4v) is 3.41. The van der Waals surface area contributed by atoms with Gasteiger partial charge < -0.3 is 24.3 Å². The Labute approximate surface area is 179 Å². The van der Waals surface area contributed by atoms with E-state index in [-0.39, 0.29) is 6.79 Å². The Morgan fingerprint density at radius 3 is 2.66 bits per heavy atom. The molecule has 150 valence electrons. The summed E-state index contributed by atoms with van der Waals surface area (Å²) in [5.41, 5.74) is 2.76. The molecule has 1 N–H and O–H groups in total. The van der Waals surface area contributed by atoms with E-state index in [9.17, 15) is 0 Å². The van der Waals surface area contributed by atoms with Crippen LogP contribution < -0.4 is 24.3 Å². The van der Waals surface area contributed by atoms with Gasteiger partial charge in [0.15, 0.2) is 23.0 Å². The van der Waals surface area contributed by atoms with E-state index in [4.69, 9.17) is 42.1 Å². The van der Waals surface area contributed by atoms with Crippen LogP contribution in [0, 0.1) is 0 Å². The number of rotatable bonds is 7. The van der Waals surface area contributed by atoms with Crippen LogP contribution in [0.3, 0.4) is 0 Å². The molecule has 0 aromatic heterocycles. The largest absolute Gasteiger partial charge is 0.493 e. The highest BCUT2D eigenvalue weighted by Crippen LogP contribution is 2.36. The molecule has 0 bridgehead atoms. The Morgan fingerprint density at radius 2 is 1.83 bits per heavy atom. The maximum absolute atomic E-state index is 6.48. The van der Waals surface area contributed by atoms with Gasteiger partial charge in [0.25, 0.3) is 0 Å². The van der Waals surface area contributed by atoms with Gasteiger partial charge in [-0.05, 0) is 41.5 Å². The highest BCUT2D eigenvalue weighted by Gasteiger charge is 2.14. The molecule has 1 heterocycles. The summed E-state index contributed by atoms with van der Waals surface area (Å²) in [6.45, 7) is 1.13. The Morgan fingerprint density at radius 1 is 0.966 bits per heavy atom. The van der Waals surface area contributed by atoms with E-state index in [2.05, 4.69) is 5.32 Å². The average molecular weight is 432 g/mol. The van der Waals surface area contributed by atoms with Crippen LogP contribution in [0.5, 0.6) is 23.0 Å². The van der Waals surface area contributed by atoms with Gasteiger partial charge in [-0.1, -0.05) is 35.3 Å². The van der Waals surface area contributed by atoms with E-state index in [1.54, 1.807) is 13.2 Å². The van der Waals surface area contributed by atoms with Crippen LogP contribution >= 0.6 is 23.2 Å². The molecule has 0 saturated carbocycles. The van der Waals surface area contributed by atoms with Crippen molar-refractivity contribution in [2.75, 3.05) is 19.2 Å². The first-order valence-electron chi connectivity index (χ1n) is 8.99. The third kappa shape index (κ3) is 4.63. The van der Waals surface area contributed by atoms with Gasteiger partial charge in [-0.3, -0.25) is 0 Å². The van der Waals surface area contributed by atoms with Gasteiger partial charge in [0.2, 0.25) is 6.79 Å². The van der Waals surface area contributed by atoms with E-state index in [0.29, 0.717) is 34.7 Å². The molecule has 29 heavy (non-hydrogen) atoms. The predicted molar refractivity (Wildman–Crippen MR) is 114 cm³/mol. The van der Waals surface area contributed by atoms with Gasteiger partial charge in [0.1, 0.15) is 6.61 Å². The molecular formula is C22H19Cl2NO4. The molecule has 0 amide bonds. The van der Waals surface area contributed by atoms with Gasteiger partial charge in [0.05, 0.1) is 7.11 Å². The molecule has 0 fully saturated rings. The number of ether oxygens (including phenoxy) is 4. The molecule has 0 radical (unpaired) electrons. The summed E-state index contributed by atoms with van der Waals surface area (Å²) in [6.07, 6.45) is 0. The summed E-state index contributed by atoms with van der Waals surface area (Å²) in [5.74, 6) is 2.66. The minimum atomic E-state index is 0.248. The van der Waals surface area contributed by atoms with E-state index >= 15 is 0 Å². The lowest BCUT2D eigenvalue weighted by Gasteiger charge is -2.15. The predicted octanol–water partition coefficient (Wildman–Crippen LogP) is 5.92. The van der Waals surface area contributed by atoms with Crippen LogP contribution in [-0.2, 0) is 13.2 Å². The summed E-state index contributed by atoms with van der Waals surface area (Å²) in [4.78, 5) is 0. The van der Waals surface area contributed by atoms with Gasteiger partial charge in [0, 0.05) is 34.4 Å². The Kier molecular flexibility index (Phi) is 5.88. The van der Waals surface area contributed by atoms with E-state index < -0.39 is 0 Å². The number of benzene rings is 3. The second-order valence-electron chi connectivity index (χ2n) is 6.43. The maximum Gasteiger partial charge on any atom is 0.231 e. The number of hydrogen-bond acceptors (Lipinski definition) is 5. The summed E-state index contributed by atoms with van der Waals surface area (Å²) in [7, 11) is 1.60. The maximum atomic E-state index is 6.48. The number of hydrogen-bond donors (Lipinski definition) is 1.